The van der Waals surface area contributed by atoms with Gasteiger partial charge in [-0.15, -0.1) is 5.10 Å². The number of anilines is 1. The quantitative estimate of drug-likeness (QED) is 0.260. The van der Waals surface area contributed by atoms with Crippen molar-refractivity contribution in [2.24, 2.45) is 0 Å². The van der Waals surface area contributed by atoms with Gasteiger partial charge in [0.1, 0.15) is 5.56 Å². The van der Waals surface area contributed by atoms with Crippen molar-refractivity contribution in [3.63, 3.8) is 0 Å². The summed E-state index contributed by atoms with van der Waals surface area (Å²) in [5, 5.41) is 9.76. The first-order valence-corrected chi connectivity index (χ1v) is 12.5. The molecule has 0 radical (unpaired) electrons. The first kappa shape index (κ1) is 25.2. The van der Waals surface area contributed by atoms with Crippen molar-refractivity contribution in [2.75, 3.05) is 11.5 Å². The average molecular weight is 529 g/mol. The molecule has 0 bridgehead atoms. The van der Waals surface area contributed by atoms with E-state index in [0.717, 1.165) is 16.9 Å². The fraction of sp³-hybridized carbons (Fsp3) is 0.179. The van der Waals surface area contributed by atoms with Crippen LogP contribution in [0.5, 0.6) is 0 Å². The lowest BCUT2D eigenvalue weighted by atomic mass is 10.1. The summed E-state index contributed by atoms with van der Waals surface area (Å²) in [6.45, 7) is 5.65. The standard InChI is InChI=1S/C28H25ClN6O3/c1-4-38-28(37)23-17-34(32-26(23)35(18(2)3)27(36)20-6-10-21(29)11-7-20)22-12-8-19(9-13-22)24-16-25-30-14-5-15-33(25)31-24/h5-18H,4H2,1-3H3. The Hall–Kier alpha value is -4.50. The number of rotatable bonds is 7. The summed E-state index contributed by atoms with van der Waals surface area (Å²) in [5.41, 5.74) is 3.76. The van der Waals surface area contributed by atoms with E-state index in [1.807, 2.05) is 56.4 Å². The van der Waals surface area contributed by atoms with Crippen molar-refractivity contribution in [3.05, 3.63) is 95.4 Å². The molecule has 5 rings (SSSR count). The van der Waals surface area contributed by atoms with Crippen LogP contribution in [-0.4, -0.2) is 48.9 Å². The molecule has 10 heteroatoms. The van der Waals surface area contributed by atoms with Crippen LogP contribution in [0.4, 0.5) is 5.82 Å². The van der Waals surface area contributed by atoms with E-state index in [1.54, 1.807) is 52.8 Å². The minimum Gasteiger partial charge on any atom is -0.462 e. The zero-order chi connectivity index (χ0) is 26.8. The maximum Gasteiger partial charge on any atom is 0.343 e. The van der Waals surface area contributed by atoms with E-state index in [-0.39, 0.29) is 29.9 Å². The number of halogens is 1. The van der Waals surface area contributed by atoms with E-state index in [2.05, 4.69) is 15.2 Å². The number of carbonyl (C=O) groups is 2. The van der Waals surface area contributed by atoms with Crippen molar-refractivity contribution >= 4 is 34.9 Å². The summed E-state index contributed by atoms with van der Waals surface area (Å²) in [6, 6.07) is 17.6. The van der Waals surface area contributed by atoms with Crippen molar-refractivity contribution in [2.45, 2.75) is 26.8 Å². The Kier molecular flexibility index (Phi) is 6.93. The second-order valence-corrected chi connectivity index (χ2v) is 9.24. The number of carbonyl (C=O) groups excluding carboxylic acids is 2. The molecule has 1 amide bonds. The molecule has 0 atom stereocenters. The summed E-state index contributed by atoms with van der Waals surface area (Å²) in [5.74, 6) is -0.644. The minimum absolute atomic E-state index is 0.193. The zero-order valence-electron chi connectivity index (χ0n) is 21.1. The molecule has 38 heavy (non-hydrogen) atoms. The molecule has 0 unspecified atom stereocenters. The topological polar surface area (TPSA) is 94.6 Å². The Morgan fingerprint density at radius 3 is 2.45 bits per heavy atom. The van der Waals surface area contributed by atoms with E-state index >= 15 is 0 Å². The first-order valence-electron chi connectivity index (χ1n) is 12.1. The molecule has 0 fully saturated rings. The summed E-state index contributed by atoms with van der Waals surface area (Å²) >= 11 is 6.01. The second-order valence-electron chi connectivity index (χ2n) is 8.81. The molecular formula is C28H25ClN6O3. The monoisotopic (exact) mass is 528 g/mol. The number of benzene rings is 2. The number of aromatic nitrogens is 5. The molecule has 2 aromatic carbocycles. The van der Waals surface area contributed by atoms with Gasteiger partial charge in [0.25, 0.3) is 5.91 Å². The van der Waals surface area contributed by atoms with Crippen molar-refractivity contribution < 1.29 is 14.3 Å². The number of ether oxygens (including phenoxy) is 1. The molecule has 0 aliphatic carbocycles. The maximum atomic E-state index is 13.5. The highest BCUT2D eigenvalue weighted by atomic mass is 35.5. The minimum atomic E-state index is -0.558. The Labute approximate surface area is 224 Å². The molecule has 0 aliphatic heterocycles. The lowest BCUT2D eigenvalue weighted by molar-refractivity contribution is 0.0527. The molecule has 0 spiro atoms. The van der Waals surface area contributed by atoms with E-state index in [1.165, 1.54) is 4.90 Å². The SMILES string of the molecule is CCOC(=O)c1cn(-c2ccc(-c3cc4ncccn4n3)cc2)nc1N(C(=O)c1ccc(Cl)cc1)C(C)C. The lowest BCUT2D eigenvalue weighted by Crippen LogP contribution is -2.38. The van der Waals surface area contributed by atoms with Gasteiger partial charge in [0.05, 0.1) is 18.0 Å². The molecule has 3 heterocycles. The van der Waals surface area contributed by atoms with Gasteiger partial charge < -0.3 is 4.74 Å². The maximum absolute atomic E-state index is 13.5. The van der Waals surface area contributed by atoms with Crippen molar-refractivity contribution in [1.29, 1.82) is 0 Å². The summed E-state index contributed by atoms with van der Waals surface area (Å²) in [6.07, 6.45) is 5.15. The summed E-state index contributed by atoms with van der Waals surface area (Å²) in [7, 11) is 0. The number of nitrogens with zero attached hydrogens (tertiary/aromatic N) is 6. The summed E-state index contributed by atoms with van der Waals surface area (Å²) in [4.78, 5) is 32.2. The van der Waals surface area contributed by atoms with Gasteiger partial charge >= 0.3 is 5.97 Å². The summed E-state index contributed by atoms with van der Waals surface area (Å²) < 4.78 is 8.58. The molecule has 0 saturated heterocycles. The second kappa shape index (κ2) is 10.5. The number of hydrogen-bond donors (Lipinski definition) is 0. The lowest BCUT2D eigenvalue weighted by Gasteiger charge is -2.25. The van der Waals surface area contributed by atoms with Crippen LogP contribution in [-0.2, 0) is 4.74 Å². The molecule has 0 aliphatic rings. The van der Waals surface area contributed by atoms with E-state index in [0.29, 0.717) is 16.3 Å². The third kappa shape index (κ3) is 4.88. The van der Waals surface area contributed by atoms with Crippen LogP contribution in [0.2, 0.25) is 5.02 Å². The molecule has 0 N–H and O–H groups in total. The van der Waals surface area contributed by atoms with Crippen LogP contribution in [0.1, 0.15) is 41.5 Å². The van der Waals surface area contributed by atoms with Crippen LogP contribution in [0, 0.1) is 0 Å². The normalized spacial score (nSPS) is 11.2. The number of esters is 1. The van der Waals surface area contributed by atoms with Gasteiger partial charge in [0.2, 0.25) is 0 Å². The van der Waals surface area contributed by atoms with Crippen LogP contribution in [0.25, 0.3) is 22.6 Å². The predicted molar refractivity (Wildman–Crippen MR) is 145 cm³/mol. The van der Waals surface area contributed by atoms with Gasteiger partial charge in [-0.1, -0.05) is 23.7 Å². The largest absolute Gasteiger partial charge is 0.462 e. The first-order chi connectivity index (χ1) is 18.4. The zero-order valence-corrected chi connectivity index (χ0v) is 21.8. The highest BCUT2D eigenvalue weighted by molar-refractivity contribution is 6.30. The molecule has 9 nitrogen and oxygen atoms in total. The fourth-order valence-electron chi connectivity index (χ4n) is 4.09. The van der Waals surface area contributed by atoms with Crippen LogP contribution >= 0.6 is 11.6 Å². The van der Waals surface area contributed by atoms with Crippen molar-refractivity contribution in [3.8, 4) is 16.9 Å². The van der Waals surface area contributed by atoms with Crippen LogP contribution in [0.15, 0.2) is 79.3 Å². The average Bonchev–Trinajstić information content (AvgIpc) is 3.54. The van der Waals surface area contributed by atoms with Gasteiger partial charge in [-0.2, -0.15) is 5.10 Å². The Morgan fingerprint density at radius 1 is 1.05 bits per heavy atom. The van der Waals surface area contributed by atoms with Crippen LogP contribution < -0.4 is 4.90 Å². The third-order valence-electron chi connectivity index (χ3n) is 5.91. The van der Waals surface area contributed by atoms with Gasteiger partial charge in [-0.05, 0) is 63.2 Å². The third-order valence-corrected chi connectivity index (χ3v) is 6.16. The van der Waals surface area contributed by atoms with Gasteiger partial charge in [-0.25, -0.2) is 19.0 Å². The highest BCUT2D eigenvalue weighted by Gasteiger charge is 2.30. The predicted octanol–water partition coefficient (Wildman–Crippen LogP) is 5.47. The number of fused-ring (bicyclic) bond motifs is 1. The smallest absolute Gasteiger partial charge is 0.343 e. The van der Waals surface area contributed by atoms with Gasteiger partial charge in [0.15, 0.2) is 11.5 Å². The van der Waals surface area contributed by atoms with Gasteiger partial charge in [0, 0.05) is 46.8 Å². The molecule has 5 aromatic rings. The van der Waals surface area contributed by atoms with E-state index < -0.39 is 5.97 Å². The molecular weight excluding hydrogens is 504 g/mol. The van der Waals surface area contributed by atoms with Crippen molar-refractivity contribution in [1.82, 2.24) is 24.4 Å². The fourth-order valence-corrected chi connectivity index (χ4v) is 4.22. The Morgan fingerprint density at radius 2 is 1.79 bits per heavy atom. The number of hydrogen-bond acceptors (Lipinski definition) is 6. The number of amides is 1. The molecule has 0 saturated carbocycles. The molecule has 192 valence electrons. The van der Waals surface area contributed by atoms with E-state index in [9.17, 15) is 9.59 Å². The Balaban J connectivity index is 1.53. The van der Waals surface area contributed by atoms with Crippen LogP contribution in [0.3, 0.4) is 0 Å². The molecule has 3 aromatic heterocycles. The highest BCUT2D eigenvalue weighted by Crippen LogP contribution is 2.27. The van der Waals surface area contributed by atoms with E-state index in [4.69, 9.17) is 16.3 Å². The van der Waals surface area contributed by atoms with Gasteiger partial charge in [-0.3, -0.25) is 9.69 Å². The Bertz CT molecular complexity index is 1570.